The lowest BCUT2D eigenvalue weighted by atomic mass is 9.97. The van der Waals surface area contributed by atoms with Gasteiger partial charge in [-0.15, -0.1) is 11.3 Å². The fraction of sp³-hybridized carbons (Fsp3) is 0.474. The summed E-state index contributed by atoms with van der Waals surface area (Å²) in [5, 5.41) is 3.16. The zero-order valence-electron chi connectivity index (χ0n) is 14.1. The highest BCUT2D eigenvalue weighted by molar-refractivity contribution is 7.09. The second-order valence-corrected chi connectivity index (χ2v) is 7.32. The monoisotopic (exact) mass is 344 g/mol. The maximum atomic E-state index is 12.7. The molecule has 3 rings (SSSR count). The average molecular weight is 344 g/mol. The molecule has 24 heavy (non-hydrogen) atoms. The molecule has 1 aromatic carbocycles. The van der Waals surface area contributed by atoms with Crippen LogP contribution in [0.3, 0.4) is 0 Å². The molecule has 1 amide bonds. The van der Waals surface area contributed by atoms with Crippen LogP contribution in [0.25, 0.3) is 0 Å². The van der Waals surface area contributed by atoms with E-state index in [0.717, 1.165) is 36.5 Å². The van der Waals surface area contributed by atoms with Gasteiger partial charge in [0.25, 0.3) is 0 Å². The molecule has 0 radical (unpaired) electrons. The van der Waals surface area contributed by atoms with E-state index < -0.39 is 0 Å². The number of amides is 1. The lowest BCUT2D eigenvalue weighted by Gasteiger charge is -2.33. The normalized spacial score (nSPS) is 19.2. The van der Waals surface area contributed by atoms with Crippen molar-refractivity contribution in [3.8, 4) is 0 Å². The molecule has 0 saturated carbocycles. The Morgan fingerprint density at radius 2 is 2.25 bits per heavy atom. The highest BCUT2D eigenvalue weighted by atomic mass is 32.1. The third-order valence-electron chi connectivity index (χ3n) is 4.43. The van der Waals surface area contributed by atoms with Gasteiger partial charge in [-0.2, -0.15) is 0 Å². The van der Waals surface area contributed by atoms with Crippen LogP contribution >= 0.6 is 11.3 Å². The number of benzene rings is 1. The van der Waals surface area contributed by atoms with Crippen molar-refractivity contribution >= 4 is 17.2 Å². The zero-order valence-corrected chi connectivity index (χ0v) is 14.9. The molecule has 0 unspecified atom stereocenters. The summed E-state index contributed by atoms with van der Waals surface area (Å²) < 4.78 is 5.73. The second kappa shape index (κ2) is 8.40. The number of carbonyl (C=O) groups is 1. The van der Waals surface area contributed by atoms with Gasteiger partial charge < -0.3 is 9.64 Å². The Morgan fingerprint density at radius 1 is 1.42 bits per heavy atom. The van der Waals surface area contributed by atoms with Gasteiger partial charge in [0.2, 0.25) is 5.91 Å². The predicted molar refractivity (Wildman–Crippen MR) is 95.9 cm³/mol. The molecule has 0 N–H and O–H groups in total. The minimum absolute atomic E-state index is 0.108. The highest BCUT2D eigenvalue weighted by Gasteiger charge is 2.28. The number of thiazole rings is 1. The first kappa shape index (κ1) is 17.1. The fourth-order valence-corrected chi connectivity index (χ4v) is 3.89. The number of piperidine rings is 1. The van der Waals surface area contributed by atoms with Crippen LogP contribution in [0.4, 0.5) is 0 Å². The Morgan fingerprint density at radius 3 is 3.00 bits per heavy atom. The molecule has 4 nitrogen and oxygen atoms in total. The first-order valence-electron chi connectivity index (χ1n) is 8.54. The van der Waals surface area contributed by atoms with Crippen LogP contribution in [0.5, 0.6) is 0 Å². The van der Waals surface area contributed by atoms with E-state index >= 15 is 0 Å². The molecular weight excluding hydrogens is 320 g/mol. The molecule has 2 aromatic rings. The number of carbonyl (C=O) groups excluding carboxylic acids is 1. The summed E-state index contributed by atoms with van der Waals surface area (Å²) in [7, 11) is 0. The lowest BCUT2D eigenvalue weighted by molar-refractivity contribution is -0.138. The van der Waals surface area contributed by atoms with Crippen molar-refractivity contribution in [2.24, 2.45) is 5.92 Å². The van der Waals surface area contributed by atoms with Crippen LogP contribution in [0.15, 0.2) is 41.9 Å². The van der Waals surface area contributed by atoms with Crippen molar-refractivity contribution in [3.63, 3.8) is 0 Å². The van der Waals surface area contributed by atoms with Crippen LogP contribution in [0.2, 0.25) is 0 Å². The van der Waals surface area contributed by atoms with Crippen LogP contribution in [-0.4, -0.2) is 35.5 Å². The van der Waals surface area contributed by atoms with Crippen molar-refractivity contribution in [1.82, 2.24) is 9.88 Å². The number of aromatic nitrogens is 1. The number of hydrogen-bond donors (Lipinski definition) is 0. The SMILES string of the molecule is C[C@H](COCc1ccccc1)C(=O)N1CCC[C@H](c2nccs2)C1. The number of rotatable bonds is 6. The molecule has 2 atom stereocenters. The van der Waals surface area contributed by atoms with Crippen LogP contribution in [0, 0.1) is 5.92 Å². The first-order valence-corrected chi connectivity index (χ1v) is 9.42. The molecule has 1 aromatic heterocycles. The van der Waals surface area contributed by atoms with E-state index in [1.165, 1.54) is 0 Å². The summed E-state index contributed by atoms with van der Waals surface area (Å²) in [4.78, 5) is 19.1. The fourth-order valence-electron chi connectivity index (χ4n) is 3.13. The van der Waals surface area contributed by atoms with E-state index in [1.807, 2.05) is 53.7 Å². The maximum Gasteiger partial charge on any atom is 0.227 e. The molecular formula is C19H24N2O2S. The Kier molecular flexibility index (Phi) is 5.99. The standard InChI is InChI=1S/C19H24N2O2S/c1-15(13-23-14-16-6-3-2-4-7-16)19(22)21-10-5-8-17(12-21)18-20-9-11-24-18/h2-4,6-7,9,11,15,17H,5,8,10,12-14H2,1H3/t15-,17+/m1/s1. The van der Waals surface area contributed by atoms with E-state index in [4.69, 9.17) is 4.74 Å². The minimum atomic E-state index is -0.108. The zero-order chi connectivity index (χ0) is 16.8. The van der Waals surface area contributed by atoms with Crippen molar-refractivity contribution in [2.45, 2.75) is 32.3 Å². The van der Waals surface area contributed by atoms with E-state index in [2.05, 4.69) is 4.98 Å². The van der Waals surface area contributed by atoms with Crippen LogP contribution in [0.1, 0.15) is 36.3 Å². The summed E-state index contributed by atoms with van der Waals surface area (Å²) in [6.45, 7) is 4.62. The van der Waals surface area contributed by atoms with Gasteiger partial charge in [0.05, 0.1) is 24.1 Å². The van der Waals surface area contributed by atoms with Crippen LogP contribution < -0.4 is 0 Å². The molecule has 2 heterocycles. The first-order chi connectivity index (χ1) is 11.7. The average Bonchev–Trinajstić information content (AvgIpc) is 3.17. The third-order valence-corrected chi connectivity index (χ3v) is 5.37. The maximum absolute atomic E-state index is 12.7. The quantitative estimate of drug-likeness (QED) is 0.802. The van der Waals surface area contributed by atoms with E-state index in [-0.39, 0.29) is 11.8 Å². The van der Waals surface area contributed by atoms with Crippen LogP contribution in [-0.2, 0) is 16.1 Å². The third kappa shape index (κ3) is 4.42. The Bertz CT molecular complexity index is 630. The summed E-state index contributed by atoms with van der Waals surface area (Å²) >= 11 is 1.69. The topological polar surface area (TPSA) is 42.4 Å². The molecule has 0 aliphatic carbocycles. The van der Waals surface area contributed by atoms with E-state index in [0.29, 0.717) is 19.1 Å². The Labute approximate surface area is 147 Å². The molecule has 1 fully saturated rings. The molecule has 128 valence electrons. The second-order valence-electron chi connectivity index (χ2n) is 6.40. The highest BCUT2D eigenvalue weighted by Crippen LogP contribution is 2.28. The Balaban J connectivity index is 1.48. The summed E-state index contributed by atoms with van der Waals surface area (Å²) in [6, 6.07) is 10.1. The number of nitrogens with zero attached hydrogens (tertiary/aromatic N) is 2. The van der Waals surface area contributed by atoms with Crippen molar-refractivity contribution in [2.75, 3.05) is 19.7 Å². The van der Waals surface area contributed by atoms with Gasteiger partial charge in [0.1, 0.15) is 0 Å². The van der Waals surface area contributed by atoms with Gasteiger partial charge >= 0.3 is 0 Å². The largest absolute Gasteiger partial charge is 0.376 e. The predicted octanol–water partition coefficient (Wildman–Crippen LogP) is 3.70. The van der Waals surface area contributed by atoms with Gasteiger partial charge in [-0.25, -0.2) is 4.98 Å². The van der Waals surface area contributed by atoms with Crippen molar-refractivity contribution < 1.29 is 9.53 Å². The van der Waals surface area contributed by atoms with Gasteiger partial charge in [-0.1, -0.05) is 37.3 Å². The summed E-state index contributed by atoms with van der Waals surface area (Å²) in [6.07, 6.45) is 4.02. The summed E-state index contributed by atoms with van der Waals surface area (Å²) in [5.74, 6) is 0.480. The molecule has 1 aliphatic rings. The molecule has 1 saturated heterocycles. The number of ether oxygens (including phenoxy) is 1. The molecule has 0 spiro atoms. The van der Waals surface area contributed by atoms with Crippen molar-refractivity contribution in [3.05, 3.63) is 52.5 Å². The summed E-state index contributed by atoms with van der Waals surface area (Å²) in [5.41, 5.74) is 1.14. The number of likely N-dealkylation sites (tertiary alicyclic amines) is 1. The van der Waals surface area contributed by atoms with Crippen molar-refractivity contribution in [1.29, 1.82) is 0 Å². The number of hydrogen-bond acceptors (Lipinski definition) is 4. The molecule has 0 bridgehead atoms. The van der Waals surface area contributed by atoms with E-state index in [9.17, 15) is 4.79 Å². The Hall–Kier alpha value is -1.72. The van der Waals surface area contributed by atoms with Gasteiger partial charge in [0.15, 0.2) is 0 Å². The lowest BCUT2D eigenvalue weighted by Crippen LogP contribution is -2.42. The van der Waals surface area contributed by atoms with Gasteiger partial charge in [-0.3, -0.25) is 4.79 Å². The van der Waals surface area contributed by atoms with Gasteiger partial charge in [0, 0.05) is 30.6 Å². The molecule has 1 aliphatic heterocycles. The van der Waals surface area contributed by atoms with Gasteiger partial charge in [-0.05, 0) is 18.4 Å². The van der Waals surface area contributed by atoms with E-state index in [1.54, 1.807) is 11.3 Å². The molecule has 5 heteroatoms. The smallest absolute Gasteiger partial charge is 0.227 e. The minimum Gasteiger partial charge on any atom is -0.376 e.